The minimum atomic E-state index is -2.88. The monoisotopic (exact) mass is 267 g/mol. The van der Waals surface area contributed by atoms with E-state index in [2.05, 4.69) is 9.97 Å². The largest absolute Gasteiger partial charge is 0.324 e. The van der Waals surface area contributed by atoms with Crippen molar-refractivity contribution in [1.82, 2.24) is 9.97 Å². The number of hydrogen-bond donors (Lipinski definition) is 1. The Morgan fingerprint density at radius 1 is 1.33 bits per heavy atom. The second-order valence-corrected chi connectivity index (χ2v) is 7.46. The van der Waals surface area contributed by atoms with Crippen LogP contribution in [0.15, 0.2) is 6.20 Å². The Morgan fingerprint density at radius 3 is 2.89 bits per heavy atom. The molecule has 2 unspecified atom stereocenters. The molecule has 98 valence electrons. The molecule has 2 aliphatic rings. The molecule has 0 radical (unpaired) electrons. The highest BCUT2D eigenvalue weighted by Gasteiger charge is 2.31. The summed E-state index contributed by atoms with van der Waals surface area (Å²) in [5, 5.41) is 0. The van der Waals surface area contributed by atoms with E-state index in [1.54, 1.807) is 6.20 Å². The van der Waals surface area contributed by atoms with Crippen LogP contribution in [0.3, 0.4) is 0 Å². The van der Waals surface area contributed by atoms with Crippen molar-refractivity contribution in [3.63, 3.8) is 0 Å². The third-order valence-corrected chi connectivity index (χ3v) is 5.61. The number of nitrogens with two attached hydrogens (primary N) is 1. The first kappa shape index (κ1) is 12.0. The molecule has 5 nitrogen and oxygen atoms in total. The molecule has 0 aromatic carbocycles. The van der Waals surface area contributed by atoms with E-state index in [0.29, 0.717) is 12.2 Å². The Hall–Kier alpha value is -1.01. The van der Waals surface area contributed by atoms with E-state index in [9.17, 15) is 8.42 Å². The van der Waals surface area contributed by atoms with Gasteiger partial charge in [0.2, 0.25) is 0 Å². The number of nitrogens with zero attached hydrogens (tertiary/aromatic N) is 2. The normalized spacial score (nSPS) is 30.1. The highest BCUT2D eigenvalue weighted by atomic mass is 32.2. The molecule has 1 aliphatic carbocycles. The standard InChI is InChI=1S/C12H17N3O2S/c13-10-2-1-3-11-9(10)6-14-12(15-11)8-4-5-18(16,17)7-8/h6,8,10H,1-5,7,13H2. The lowest BCUT2D eigenvalue weighted by atomic mass is 9.93. The SMILES string of the molecule is NC1CCCc2nc(C3CCS(=O)(=O)C3)ncc21. The molecule has 3 rings (SSSR count). The van der Waals surface area contributed by atoms with Crippen LogP contribution in [-0.2, 0) is 16.3 Å². The Kier molecular flexibility index (Phi) is 2.86. The van der Waals surface area contributed by atoms with E-state index in [1.165, 1.54) is 0 Å². The van der Waals surface area contributed by atoms with E-state index in [-0.39, 0.29) is 23.5 Å². The molecule has 0 spiro atoms. The summed E-state index contributed by atoms with van der Waals surface area (Å²) in [4.78, 5) is 8.89. The van der Waals surface area contributed by atoms with E-state index in [4.69, 9.17) is 5.73 Å². The first-order valence-corrected chi connectivity index (χ1v) is 8.19. The van der Waals surface area contributed by atoms with Crippen LogP contribution in [0.5, 0.6) is 0 Å². The van der Waals surface area contributed by atoms with Gasteiger partial charge in [-0.1, -0.05) is 0 Å². The van der Waals surface area contributed by atoms with Crippen molar-refractivity contribution in [3.8, 4) is 0 Å². The zero-order chi connectivity index (χ0) is 12.8. The zero-order valence-corrected chi connectivity index (χ0v) is 11.0. The first-order chi connectivity index (χ1) is 8.55. The summed E-state index contributed by atoms with van der Waals surface area (Å²) < 4.78 is 23.0. The van der Waals surface area contributed by atoms with Crippen LogP contribution in [0.25, 0.3) is 0 Å². The molecular formula is C12H17N3O2S. The molecule has 18 heavy (non-hydrogen) atoms. The van der Waals surface area contributed by atoms with Crippen molar-refractivity contribution < 1.29 is 8.42 Å². The molecule has 0 bridgehead atoms. The van der Waals surface area contributed by atoms with Gasteiger partial charge in [-0.15, -0.1) is 0 Å². The average Bonchev–Trinajstić information content (AvgIpc) is 2.70. The summed E-state index contributed by atoms with van der Waals surface area (Å²) in [6.07, 6.45) is 5.40. The number of sulfone groups is 1. The maximum Gasteiger partial charge on any atom is 0.151 e. The van der Waals surface area contributed by atoms with Gasteiger partial charge in [0, 0.05) is 29.4 Å². The smallest absolute Gasteiger partial charge is 0.151 e. The van der Waals surface area contributed by atoms with Gasteiger partial charge < -0.3 is 5.73 Å². The summed E-state index contributed by atoms with van der Waals surface area (Å²) in [5.41, 5.74) is 8.07. The highest BCUT2D eigenvalue weighted by molar-refractivity contribution is 7.91. The Labute approximate surface area is 107 Å². The van der Waals surface area contributed by atoms with E-state index in [1.807, 2.05) is 0 Å². The molecule has 0 amide bonds. The predicted molar refractivity (Wildman–Crippen MR) is 67.9 cm³/mol. The van der Waals surface area contributed by atoms with Gasteiger partial charge in [0.1, 0.15) is 5.82 Å². The van der Waals surface area contributed by atoms with Gasteiger partial charge in [0.15, 0.2) is 9.84 Å². The second kappa shape index (κ2) is 4.28. The third kappa shape index (κ3) is 2.14. The van der Waals surface area contributed by atoms with Gasteiger partial charge in [-0.2, -0.15) is 0 Å². The van der Waals surface area contributed by atoms with Crippen LogP contribution in [0.1, 0.15) is 48.3 Å². The predicted octanol–water partition coefficient (Wildman–Crippen LogP) is 0.715. The fourth-order valence-electron chi connectivity index (χ4n) is 2.79. The minimum Gasteiger partial charge on any atom is -0.324 e. The Bertz CT molecular complexity index is 571. The summed E-state index contributed by atoms with van der Waals surface area (Å²) in [5.74, 6) is 1.11. The fourth-order valence-corrected chi connectivity index (χ4v) is 4.53. The molecule has 1 aliphatic heterocycles. The molecule has 1 saturated heterocycles. The van der Waals surface area contributed by atoms with Crippen molar-refractivity contribution in [1.29, 1.82) is 0 Å². The van der Waals surface area contributed by atoms with Crippen LogP contribution in [-0.4, -0.2) is 29.9 Å². The van der Waals surface area contributed by atoms with Crippen LogP contribution >= 0.6 is 0 Å². The van der Waals surface area contributed by atoms with Gasteiger partial charge in [0.25, 0.3) is 0 Å². The Balaban J connectivity index is 1.91. The van der Waals surface area contributed by atoms with Gasteiger partial charge in [-0.25, -0.2) is 18.4 Å². The van der Waals surface area contributed by atoms with Gasteiger partial charge in [-0.3, -0.25) is 0 Å². The minimum absolute atomic E-state index is 0.0292. The van der Waals surface area contributed by atoms with E-state index in [0.717, 1.165) is 30.5 Å². The topological polar surface area (TPSA) is 85.9 Å². The fraction of sp³-hybridized carbons (Fsp3) is 0.667. The first-order valence-electron chi connectivity index (χ1n) is 6.37. The van der Waals surface area contributed by atoms with E-state index >= 15 is 0 Å². The molecule has 0 saturated carbocycles. The summed E-state index contributed by atoms with van der Waals surface area (Å²) in [6, 6.07) is 0.0371. The van der Waals surface area contributed by atoms with Gasteiger partial charge in [0.05, 0.1) is 11.5 Å². The molecule has 2 atom stereocenters. The van der Waals surface area contributed by atoms with Crippen molar-refractivity contribution in [3.05, 3.63) is 23.3 Å². The third-order valence-electron chi connectivity index (χ3n) is 3.84. The van der Waals surface area contributed by atoms with E-state index < -0.39 is 9.84 Å². The molecule has 1 aromatic heterocycles. The highest BCUT2D eigenvalue weighted by Crippen LogP contribution is 2.30. The van der Waals surface area contributed by atoms with Crippen molar-refractivity contribution in [2.45, 2.75) is 37.6 Å². The van der Waals surface area contributed by atoms with Gasteiger partial charge >= 0.3 is 0 Å². The average molecular weight is 267 g/mol. The van der Waals surface area contributed by atoms with Crippen molar-refractivity contribution >= 4 is 9.84 Å². The molecule has 1 fully saturated rings. The summed E-state index contributed by atoms with van der Waals surface area (Å²) in [6.45, 7) is 0. The van der Waals surface area contributed by atoms with Crippen LogP contribution in [0.2, 0.25) is 0 Å². The zero-order valence-electron chi connectivity index (χ0n) is 10.2. The van der Waals surface area contributed by atoms with Gasteiger partial charge in [-0.05, 0) is 25.7 Å². The van der Waals surface area contributed by atoms with Crippen LogP contribution in [0, 0.1) is 0 Å². The number of rotatable bonds is 1. The molecule has 6 heteroatoms. The lowest BCUT2D eigenvalue weighted by Crippen LogP contribution is -2.20. The molecule has 1 aromatic rings. The summed E-state index contributed by atoms with van der Waals surface area (Å²) >= 11 is 0. The lowest BCUT2D eigenvalue weighted by molar-refractivity contribution is 0.548. The van der Waals surface area contributed by atoms with Crippen molar-refractivity contribution in [2.24, 2.45) is 5.73 Å². The van der Waals surface area contributed by atoms with Crippen molar-refractivity contribution in [2.75, 3.05) is 11.5 Å². The second-order valence-electron chi connectivity index (χ2n) is 5.23. The number of aromatic nitrogens is 2. The summed E-state index contributed by atoms with van der Waals surface area (Å²) in [7, 11) is -2.88. The molecule has 2 heterocycles. The number of aryl methyl sites for hydroxylation is 1. The number of fused-ring (bicyclic) bond motifs is 1. The maximum atomic E-state index is 11.5. The number of hydrogen-bond acceptors (Lipinski definition) is 5. The molecule has 2 N–H and O–H groups in total. The molecular weight excluding hydrogens is 250 g/mol. The quantitative estimate of drug-likeness (QED) is 0.810. The Morgan fingerprint density at radius 2 is 2.17 bits per heavy atom. The maximum absolute atomic E-state index is 11.5. The van der Waals surface area contributed by atoms with Crippen LogP contribution < -0.4 is 5.73 Å². The van der Waals surface area contributed by atoms with Crippen LogP contribution in [0.4, 0.5) is 0 Å². The lowest BCUT2D eigenvalue weighted by Gasteiger charge is -2.21.